The first kappa shape index (κ1) is 28.6. The zero-order valence-corrected chi connectivity index (χ0v) is 21.4. The number of nitrogens with one attached hydrogen (secondary N) is 2. The van der Waals surface area contributed by atoms with Crippen LogP contribution in [0.15, 0.2) is 60.7 Å². The van der Waals surface area contributed by atoms with E-state index < -0.39 is 41.0 Å². The largest absolute Gasteiger partial charge is 0.508 e. The molecule has 3 aromatic rings. The zero-order chi connectivity index (χ0) is 26.5. The number of phenols is 2. The summed E-state index contributed by atoms with van der Waals surface area (Å²) in [6, 6.07) is 13.5. The molecule has 1 aliphatic heterocycles. The maximum Gasteiger partial charge on any atom is 0.338 e. The van der Waals surface area contributed by atoms with Crippen LogP contribution >= 0.6 is 12.4 Å². The Morgan fingerprint density at radius 2 is 1.58 bits per heavy atom. The molecule has 1 fully saturated rings. The van der Waals surface area contributed by atoms with Gasteiger partial charge in [0.2, 0.25) is 0 Å². The number of hydrogen-bond acceptors (Lipinski definition) is 7. The van der Waals surface area contributed by atoms with E-state index >= 15 is 0 Å². The standard InChI is InChI=1S/C28H27FN2O6.ClH/c1-16-4-13-22(33)24(25(16)29)26(34)17-5-7-19(8-6-17)28(36)37-23-3-2-14-30-15-21(23)31-27(35)18-9-11-20(32)12-10-18;/h4-13,21,23,30,32-33H,2-3,14-15H2,1H3,(H,31,35);1H/t21-,23-;/m1./s1. The molecule has 1 amide bonds. The predicted octanol–water partition coefficient (Wildman–Crippen LogP) is 3.91. The summed E-state index contributed by atoms with van der Waals surface area (Å²) in [5.41, 5.74) is 0.462. The van der Waals surface area contributed by atoms with Crippen LogP contribution in [0.25, 0.3) is 0 Å². The van der Waals surface area contributed by atoms with Crippen molar-refractivity contribution in [3.63, 3.8) is 0 Å². The molecule has 1 saturated heterocycles. The molecular weight excluding hydrogens is 515 g/mol. The van der Waals surface area contributed by atoms with Crippen molar-refractivity contribution in [1.82, 2.24) is 10.6 Å². The number of aryl methyl sites for hydroxylation is 1. The number of rotatable bonds is 6. The summed E-state index contributed by atoms with van der Waals surface area (Å²) in [5.74, 6) is -2.89. The van der Waals surface area contributed by atoms with Crippen LogP contribution in [0.4, 0.5) is 4.39 Å². The molecule has 200 valence electrons. The minimum Gasteiger partial charge on any atom is -0.508 e. The number of ether oxygens (including phenoxy) is 1. The molecule has 10 heteroatoms. The van der Waals surface area contributed by atoms with Gasteiger partial charge in [-0.1, -0.05) is 18.2 Å². The van der Waals surface area contributed by atoms with Crippen LogP contribution in [0, 0.1) is 12.7 Å². The maximum absolute atomic E-state index is 14.5. The van der Waals surface area contributed by atoms with Crippen molar-refractivity contribution in [2.24, 2.45) is 0 Å². The third kappa shape index (κ3) is 6.48. The molecule has 0 bridgehead atoms. The van der Waals surface area contributed by atoms with Crippen LogP contribution in [-0.2, 0) is 4.74 Å². The van der Waals surface area contributed by atoms with Gasteiger partial charge in [-0.15, -0.1) is 12.4 Å². The van der Waals surface area contributed by atoms with Gasteiger partial charge in [0.05, 0.1) is 11.6 Å². The second kappa shape index (κ2) is 12.5. The van der Waals surface area contributed by atoms with Gasteiger partial charge in [-0.05, 0) is 74.3 Å². The maximum atomic E-state index is 14.5. The third-order valence-electron chi connectivity index (χ3n) is 6.28. The number of benzene rings is 3. The Bertz CT molecular complexity index is 1310. The minimum absolute atomic E-state index is 0. The van der Waals surface area contributed by atoms with E-state index in [9.17, 15) is 29.0 Å². The van der Waals surface area contributed by atoms with E-state index in [-0.39, 0.29) is 40.8 Å². The highest BCUT2D eigenvalue weighted by molar-refractivity contribution is 6.11. The number of carbonyl (C=O) groups excluding carboxylic acids is 3. The number of phenolic OH excluding ortho intramolecular Hbond substituents is 2. The molecule has 38 heavy (non-hydrogen) atoms. The Morgan fingerprint density at radius 3 is 2.26 bits per heavy atom. The number of esters is 1. The minimum atomic E-state index is -0.796. The third-order valence-corrected chi connectivity index (χ3v) is 6.28. The second-order valence-corrected chi connectivity index (χ2v) is 8.91. The fourth-order valence-electron chi connectivity index (χ4n) is 4.16. The van der Waals surface area contributed by atoms with Crippen LogP contribution in [0.1, 0.15) is 55.0 Å². The molecule has 4 rings (SSSR count). The molecular formula is C28H28ClFN2O6. The molecule has 1 heterocycles. The van der Waals surface area contributed by atoms with Crippen LogP contribution in [0.3, 0.4) is 0 Å². The molecule has 0 saturated carbocycles. The van der Waals surface area contributed by atoms with Crippen molar-refractivity contribution in [2.75, 3.05) is 13.1 Å². The lowest BCUT2D eigenvalue weighted by Gasteiger charge is -2.26. The van der Waals surface area contributed by atoms with Gasteiger partial charge in [0, 0.05) is 17.7 Å². The molecule has 0 aliphatic carbocycles. The molecule has 2 atom stereocenters. The Hall–Kier alpha value is -3.95. The molecule has 0 radical (unpaired) electrons. The highest BCUT2D eigenvalue weighted by atomic mass is 35.5. The lowest BCUT2D eigenvalue weighted by Crippen LogP contribution is -2.49. The van der Waals surface area contributed by atoms with E-state index in [2.05, 4.69) is 10.6 Å². The second-order valence-electron chi connectivity index (χ2n) is 8.91. The number of amides is 1. The van der Waals surface area contributed by atoms with Gasteiger partial charge in [0.25, 0.3) is 5.91 Å². The zero-order valence-electron chi connectivity index (χ0n) is 20.6. The Labute approximate surface area is 225 Å². The summed E-state index contributed by atoms with van der Waals surface area (Å²) in [7, 11) is 0. The van der Waals surface area contributed by atoms with Crippen molar-refractivity contribution in [1.29, 1.82) is 0 Å². The summed E-state index contributed by atoms with van der Waals surface area (Å²) in [6.07, 6.45) is 0.674. The van der Waals surface area contributed by atoms with Crippen LogP contribution in [0.5, 0.6) is 11.5 Å². The number of hydrogen-bond donors (Lipinski definition) is 4. The van der Waals surface area contributed by atoms with Crippen LogP contribution < -0.4 is 10.6 Å². The molecule has 4 N–H and O–H groups in total. The molecule has 0 spiro atoms. The van der Waals surface area contributed by atoms with E-state index in [4.69, 9.17) is 4.74 Å². The van der Waals surface area contributed by atoms with E-state index in [1.54, 1.807) is 0 Å². The van der Waals surface area contributed by atoms with Gasteiger partial charge in [-0.25, -0.2) is 9.18 Å². The Kier molecular flexibility index (Phi) is 9.44. The van der Waals surface area contributed by atoms with Crippen molar-refractivity contribution in [3.05, 3.63) is 94.3 Å². The molecule has 0 unspecified atom stereocenters. The Morgan fingerprint density at radius 1 is 0.947 bits per heavy atom. The average Bonchev–Trinajstić information content (AvgIpc) is 3.11. The van der Waals surface area contributed by atoms with Gasteiger partial charge < -0.3 is 25.6 Å². The van der Waals surface area contributed by atoms with E-state index in [1.807, 2.05) is 0 Å². The quantitative estimate of drug-likeness (QED) is 0.275. The van der Waals surface area contributed by atoms with Gasteiger partial charge in [-0.2, -0.15) is 0 Å². The SMILES string of the molecule is Cc1ccc(O)c(C(=O)c2ccc(C(=O)O[C@@H]3CCCNC[C@H]3NC(=O)c3ccc(O)cc3)cc2)c1F.Cl. The van der Waals surface area contributed by atoms with E-state index in [1.165, 1.54) is 67.6 Å². The molecule has 8 nitrogen and oxygen atoms in total. The number of halogens is 2. The van der Waals surface area contributed by atoms with Crippen LogP contribution in [-0.4, -0.2) is 53.1 Å². The van der Waals surface area contributed by atoms with Gasteiger partial charge >= 0.3 is 5.97 Å². The summed E-state index contributed by atoms with van der Waals surface area (Å²) in [6.45, 7) is 2.60. The number of ketones is 1. The van der Waals surface area contributed by atoms with Gasteiger partial charge in [0.15, 0.2) is 5.78 Å². The van der Waals surface area contributed by atoms with Crippen molar-refractivity contribution >= 4 is 30.1 Å². The number of aromatic hydroxyl groups is 2. The smallest absolute Gasteiger partial charge is 0.338 e. The average molecular weight is 543 g/mol. The monoisotopic (exact) mass is 542 g/mol. The summed E-state index contributed by atoms with van der Waals surface area (Å²) in [4.78, 5) is 38.4. The predicted molar refractivity (Wildman–Crippen MR) is 141 cm³/mol. The highest BCUT2D eigenvalue weighted by Crippen LogP contribution is 2.26. The first-order valence-electron chi connectivity index (χ1n) is 11.9. The molecule has 0 aromatic heterocycles. The first-order chi connectivity index (χ1) is 17.7. The summed E-state index contributed by atoms with van der Waals surface area (Å²) < 4.78 is 20.2. The summed E-state index contributed by atoms with van der Waals surface area (Å²) >= 11 is 0. The van der Waals surface area contributed by atoms with Crippen molar-refractivity contribution in [2.45, 2.75) is 31.9 Å². The van der Waals surface area contributed by atoms with E-state index in [0.29, 0.717) is 25.1 Å². The van der Waals surface area contributed by atoms with Crippen molar-refractivity contribution < 1.29 is 33.7 Å². The van der Waals surface area contributed by atoms with Crippen LogP contribution in [0.2, 0.25) is 0 Å². The normalized spacial score (nSPS) is 17.0. The highest BCUT2D eigenvalue weighted by Gasteiger charge is 2.29. The molecule has 3 aromatic carbocycles. The van der Waals surface area contributed by atoms with Gasteiger partial charge in [-0.3, -0.25) is 9.59 Å². The van der Waals surface area contributed by atoms with E-state index in [0.717, 1.165) is 6.42 Å². The molecule has 1 aliphatic rings. The fraction of sp³-hybridized carbons (Fsp3) is 0.250. The fourth-order valence-corrected chi connectivity index (χ4v) is 4.16. The number of carbonyl (C=O) groups is 3. The lowest BCUT2D eigenvalue weighted by molar-refractivity contribution is 0.0192. The first-order valence-corrected chi connectivity index (χ1v) is 11.9. The summed E-state index contributed by atoms with van der Waals surface area (Å²) in [5, 5.41) is 25.5. The topological polar surface area (TPSA) is 125 Å². The van der Waals surface area contributed by atoms with Crippen molar-refractivity contribution in [3.8, 4) is 11.5 Å². The van der Waals surface area contributed by atoms with Gasteiger partial charge in [0.1, 0.15) is 29.0 Å². The Balaban J connectivity index is 0.00000400. The lowest BCUT2D eigenvalue weighted by atomic mass is 9.99.